The summed E-state index contributed by atoms with van der Waals surface area (Å²) in [6, 6.07) is 3.68. The molecule has 108 valence electrons. The van der Waals surface area contributed by atoms with Gasteiger partial charge in [-0.2, -0.15) is 13.2 Å². The molecule has 0 aliphatic rings. The largest absolute Gasteiger partial charge is 0.389 e. The number of hydrogen-bond acceptors (Lipinski definition) is 2. The van der Waals surface area contributed by atoms with Crippen molar-refractivity contribution in [1.82, 2.24) is 10.3 Å². The Morgan fingerprint density at radius 2 is 2.11 bits per heavy atom. The van der Waals surface area contributed by atoms with Crippen molar-refractivity contribution in [2.45, 2.75) is 51.7 Å². The van der Waals surface area contributed by atoms with E-state index in [9.17, 15) is 13.2 Å². The summed E-state index contributed by atoms with van der Waals surface area (Å²) in [5.74, 6) is 0. The molecule has 0 spiro atoms. The van der Waals surface area contributed by atoms with Gasteiger partial charge in [-0.25, -0.2) is 0 Å². The van der Waals surface area contributed by atoms with Gasteiger partial charge in [0.2, 0.25) is 0 Å². The number of rotatable bonds is 7. The molecule has 19 heavy (non-hydrogen) atoms. The molecule has 1 aromatic heterocycles. The Morgan fingerprint density at radius 3 is 2.68 bits per heavy atom. The van der Waals surface area contributed by atoms with Crippen molar-refractivity contribution in [1.29, 1.82) is 0 Å². The van der Waals surface area contributed by atoms with Crippen molar-refractivity contribution in [3.05, 3.63) is 29.6 Å². The van der Waals surface area contributed by atoms with Gasteiger partial charge < -0.3 is 5.32 Å². The Balaban J connectivity index is 2.64. The van der Waals surface area contributed by atoms with Crippen LogP contribution in [0.2, 0.25) is 0 Å². The van der Waals surface area contributed by atoms with Crippen molar-refractivity contribution in [2.75, 3.05) is 6.54 Å². The predicted octanol–water partition coefficient (Wildman–Crippen LogP) is 4.16. The van der Waals surface area contributed by atoms with Crippen LogP contribution in [0.5, 0.6) is 0 Å². The summed E-state index contributed by atoms with van der Waals surface area (Å²) >= 11 is 0. The molecule has 2 nitrogen and oxygen atoms in total. The average molecular weight is 274 g/mol. The first-order valence-corrected chi connectivity index (χ1v) is 6.65. The molecule has 1 heterocycles. The third-order valence-electron chi connectivity index (χ3n) is 2.97. The van der Waals surface area contributed by atoms with Crippen LogP contribution in [0.15, 0.2) is 18.3 Å². The predicted molar refractivity (Wildman–Crippen MR) is 69.9 cm³/mol. The lowest BCUT2D eigenvalue weighted by molar-refractivity contribution is -0.135. The smallest absolute Gasteiger partial charge is 0.309 e. The van der Waals surface area contributed by atoms with E-state index < -0.39 is 12.6 Å². The molecule has 0 saturated carbocycles. The molecule has 1 unspecified atom stereocenters. The van der Waals surface area contributed by atoms with Crippen LogP contribution in [-0.4, -0.2) is 17.7 Å². The Labute approximate surface area is 112 Å². The van der Waals surface area contributed by atoms with Crippen LogP contribution in [0.3, 0.4) is 0 Å². The van der Waals surface area contributed by atoms with E-state index >= 15 is 0 Å². The molecule has 0 aliphatic heterocycles. The molecule has 1 N–H and O–H groups in total. The molecule has 0 saturated heterocycles. The number of nitrogens with one attached hydrogen (secondary N) is 1. The van der Waals surface area contributed by atoms with E-state index in [2.05, 4.69) is 10.3 Å². The van der Waals surface area contributed by atoms with Gasteiger partial charge in [-0.1, -0.05) is 13.0 Å². The lowest BCUT2D eigenvalue weighted by Crippen LogP contribution is -2.24. The maximum atomic E-state index is 12.2. The highest BCUT2D eigenvalue weighted by molar-refractivity contribution is 5.21. The van der Waals surface area contributed by atoms with Gasteiger partial charge >= 0.3 is 6.18 Å². The van der Waals surface area contributed by atoms with Gasteiger partial charge in [0.25, 0.3) is 0 Å². The minimum absolute atomic E-state index is 0.0940. The SMILES string of the molecule is CCCNC(CCCC(F)(F)F)c1ncccc1C. The molecule has 1 rings (SSSR count). The van der Waals surface area contributed by atoms with E-state index in [-0.39, 0.29) is 12.5 Å². The minimum Gasteiger partial charge on any atom is -0.309 e. The second-order valence-electron chi connectivity index (χ2n) is 4.72. The van der Waals surface area contributed by atoms with Crippen LogP contribution >= 0.6 is 0 Å². The standard InChI is InChI=1S/C14H21F3N2/c1-3-9-18-12(7-4-8-14(15,16)17)13-11(2)6-5-10-19-13/h5-6,10,12,18H,3-4,7-9H2,1-2H3. The maximum absolute atomic E-state index is 12.2. The summed E-state index contributed by atoms with van der Waals surface area (Å²) in [5.41, 5.74) is 1.88. The summed E-state index contributed by atoms with van der Waals surface area (Å²) in [5, 5.41) is 3.28. The second-order valence-corrected chi connectivity index (χ2v) is 4.72. The Kier molecular flexibility index (Phi) is 6.28. The lowest BCUT2D eigenvalue weighted by atomic mass is 10.0. The molecule has 1 atom stereocenters. The number of aryl methyl sites for hydroxylation is 1. The molecule has 0 aliphatic carbocycles. The van der Waals surface area contributed by atoms with Gasteiger partial charge in [0, 0.05) is 18.7 Å². The zero-order valence-corrected chi connectivity index (χ0v) is 11.4. The van der Waals surface area contributed by atoms with Crippen LogP contribution in [0.25, 0.3) is 0 Å². The Bertz CT molecular complexity index is 377. The van der Waals surface area contributed by atoms with Crippen molar-refractivity contribution in [3.63, 3.8) is 0 Å². The van der Waals surface area contributed by atoms with Crippen LogP contribution in [0.1, 0.15) is 49.9 Å². The van der Waals surface area contributed by atoms with E-state index in [1.165, 1.54) is 0 Å². The first kappa shape index (κ1) is 16.0. The van der Waals surface area contributed by atoms with Crippen molar-refractivity contribution in [3.8, 4) is 0 Å². The Hall–Kier alpha value is -1.10. The molecule has 5 heteroatoms. The van der Waals surface area contributed by atoms with E-state index in [1.807, 2.05) is 26.0 Å². The van der Waals surface area contributed by atoms with Crippen LogP contribution in [0, 0.1) is 6.92 Å². The lowest BCUT2D eigenvalue weighted by Gasteiger charge is -2.20. The van der Waals surface area contributed by atoms with Gasteiger partial charge in [-0.05, 0) is 44.4 Å². The fraction of sp³-hybridized carbons (Fsp3) is 0.643. The maximum Gasteiger partial charge on any atom is 0.389 e. The van der Waals surface area contributed by atoms with E-state index in [1.54, 1.807) is 6.20 Å². The average Bonchev–Trinajstić information content (AvgIpc) is 2.33. The summed E-state index contributed by atoms with van der Waals surface area (Å²) < 4.78 is 36.6. The molecule has 0 aromatic carbocycles. The fourth-order valence-electron chi connectivity index (χ4n) is 2.02. The molecular weight excluding hydrogens is 253 g/mol. The van der Waals surface area contributed by atoms with Gasteiger partial charge in [0.1, 0.15) is 0 Å². The molecule has 1 aromatic rings. The summed E-state index contributed by atoms with van der Waals surface area (Å²) in [7, 11) is 0. The first-order valence-electron chi connectivity index (χ1n) is 6.65. The van der Waals surface area contributed by atoms with E-state index in [0.717, 1.165) is 24.2 Å². The van der Waals surface area contributed by atoms with Crippen LogP contribution in [-0.2, 0) is 0 Å². The summed E-state index contributed by atoms with van der Waals surface area (Å²) in [4.78, 5) is 4.30. The number of nitrogens with zero attached hydrogens (tertiary/aromatic N) is 1. The molecular formula is C14H21F3N2. The highest BCUT2D eigenvalue weighted by Crippen LogP contribution is 2.26. The number of hydrogen-bond donors (Lipinski definition) is 1. The highest BCUT2D eigenvalue weighted by atomic mass is 19.4. The van der Waals surface area contributed by atoms with E-state index in [4.69, 9.17) is 0 Å². The third kappa shape index (κ3) is 6.05. The van der Waals surface area contributed by atoms with Crippen molar-refractivity contribution < 1.29 is 13.2 Å². The molecule has 0 radical (unpaired) electrons. The topological polar surface area (TPSA) is 24.9 Å². The quantitative estimate of drug-likeness (QED) is 0.807. The van der Waals surface area contributed by atoms with Crippen molar-refractivity contribution in [2.24, 2.45) is 0 Å². The minimum atomic E-state index is -4.07. The second kappa shape index (κ2) is 7.48. The fourth-order valence-corrected chi connectivity index (χ4v) is 2.02. The van der Waals surface area contributed by atoms with E-state index in [0.29, 0.717) is 6.42 Å². The van der Waals surface area contributed by atoms with Gasteiger partial charge in [-0.3, -0.25) is 4.98 Å². The van der Waals surface area contributed by atoms with Crippen LogP contribution < -0.4 is 5.32 Å². The normalized spacial score (nSPS) is 13.5. The van der Waals surface area contributed by atoms with Crippen LogP contribution in [0.4, 0.5) is 13.2 Å². The number of alkyl halides is 3. The van der Waals surface area contributed by atoms with Crippen molar-refractivity contribution >= 4 is 0 Å². The molecule has 0 fully saturated rings. The summed E-state index contributed by atoms with van der Waals surface area (Å²) in [6.45, 7) is 4.75. The Morgan fingerprint density at radius 1 is 1.37 bits per heavy atom. The third-order valence-corrected chi connectivity index (χ3v) is 2.97. The molecule has 0 amide bonds. The number of halogens is 3. The van der Waals surface area contributed by atoms with Gasteiger partial charge in [0.05, 0.1) is 5.69 Å². The van der Waals surface area contributed by atoms with Gasteiger partial charge in [-0.15, -0.1) is 0 Å². The number of pyridine rings is 1. The summed E-state index contributed by atoms with van der Waals surface area (Å²) in [6.07, 6.45) is -1.59. The number of aromatic nitrogens is 1. The van der Waals surface area contributed by atoms with Gasteiger partial charge in [0.15, 0.2) is 0 Å². The first-order chi connectivity index (χ1) is 8.94. The zero-order chi connectivity index (χ0) is 14.3. The highest BCUT2D eigenvalue weighted by Gasteiger charge is 2.27. The molecule has 0 bridgehead atoms. The monoisotopic (exact) mass is 274 g/mol. The zero-order valence-electron chi connectivity index (χ0n) is 11.4.